The Morgan fingerprint density at radius 1 is 1.30 bits per heavy atom. The molecule has 1 saturated carbocycles. The number of ether oxygens (including phenoxy) is 1. The van der Waals surface area contributed by atoms with E-state index in [0.717, 1.165) is 36.5 Å². The predicted molar refractivity (Wildman–Crippen MR) is 88.5 cm³/mol. The number of carboxylic acid groups (broad SMARTS) is 1. The summed E-state index contributed by atoms with van der Waals surface area (Å²) in [5.41, 5.74) is 0.899. The molecule has 1 N–H and O–H groups in total. The molecule has 1 aromatic carbocycles. The summed E-state index contributed by atoms with van der Waals surface area (Å²) in [5, 5.41) is 9.24. The molecule has 0 amide bonds. The van der Waals surface area contributed by atoms with Gasteiger partial charge >= 0.3 is 5.97 Å². The van der Waals surface area contributed by atoms with Crippen molar-refractivity contribution in [3.63, 3.8) is 0 Å². The zero-order valence-electron chi connectivity index (χ0n) is 13.6. The highest BCUT2D eigenvalue weighted by Gasteiger charge is 2.43. The number of rotatable bonds is 9. The van der Waals surface area contributed by atoms with E-state index in [1.165, 1.54) is 19.8 Å². The van der Waals surface area contributed by atoms with Crippen molar-refractivity contribution in [1.82, 2.24) is 0 Å². The highest BCUT2D eigenvalue weighted by Crippen LogP contribution is 2.32. The van der Waals surface area contributed by atoms with Crippen molar-refractivity contribution in [2.45, 2.75) is 43.8 Å². The normalized spacial score (nSPS) is 17.5. The van der Waals surface area contributed by atoms with E-state index in [4.69, 9.17) is 4.74 Å². The van der Waals surface area contributed by atoms with Gasteiger partial charge in [-0.15, -0.1) is 0 Å². The summed E-state index contributed by atoms with van der Waals surface area (Å²) in [4.78, 5) is 11.3. The molecule has 0 spiro atoms. The van der Waals surface area contributed by atoms with Gasteiger partial charge in [-0.3, -0.25) is 4.79 Å². The highest BCUT2D eigenvalue weighted by atomic mass is 32.2. The molecule has 6 heteroatoms. The van der Waals surface area contributed by atoms with Gasteiger partial charge in [0, 0.05) is 6.26 Å². The fourth-order valence-electron chi connectivity index (χ4n) is 2.34. The van der Waals surface area contributed by atoms with Crippen molar-refractivity contribution in [1.29, 1.82) is 0 Å². The van der Waals surface area contributed by atoms with Crippen molar-refractivity contribution >= 4 is 15.8 Å². The molecular formula is C17H24O5S. The lowest BCUT2D eigenvalue weighted by Gasteiger charge is -2.22. The summed E-state index contributed by atoms with van der Waals surface area (Å²) < 4.78 is 27.4. The van der Waals surface area contributed by atoms with Gasteiger partial charge in [-0.2, -0.15) is 0 Å². The number of hydrogen-bond donors (Lipinski definition) is 1. The van der Waals surface area contributed by atoms with Crippen LogP contribution in [0.5, 0.6) is 5.75 Å². The molecule has 0 aromatic heterocycles. The third kappa shape index (κ3) is 4.70. The molecule has 0 heterocycles. The lowest BCUT2D eigenvalue weighted by molar-refractivity contribution is -0.139. The quantitative estimate of drug-likeness (QED) is 0.747. The zero-order chi connectivity index (χ0) is 17.1. The molecule has 1 atom stereocenters. The third-order valence-electron chi connectivity index (χ3n) is 4.58. The predicted octanol–water partition coefficient (Wildman–Crippen LogP) is 2.69. The molecule has 0 saturated heterocycles. The molecule has 1 aliphatic rings. The van der Waals surface area contributed by atoms with Gasteiger partial charge < -0.3 is 9.84 Å². The van der Waals surface area contributed by atoms with Crippen LogP contribution in [0.2, 0.25) is 0 Å². The van der Waals surface area contributed by atoms with Gasteiger partial charge in [-0.1, -0.05) is 25.0 Å². The maximum atomic E-state index is 11.7. The number of hydrogen-bond acceptors (Lipinski definition) is 4. The molecule has 2 rings (SSSR count). The number of carbonyl (C=O) groups is 1. The summed E-state index contributed by atoms with van der Waals surface area (Å²) in [6, 6.07) is 7.41. The van der Waals surface area contributed by atoms with Gasteiger partial charge in [0.05, 0.1) is 6.61 Å². The molecule has 23 heavy (non-hydrogen) atoms. The van der Waals surface area contributed by atoms with Crippen molar-refractivity contribution in [2.75, 3.05) is 12.9 Å². The van der Waals surface area contributed by atoms with Crippen molar-refractivity contribution in [3.8, 4) is 5.75 Å². The van der Waals surface area contributed by atoms with Crippen LogP contribution in [0.25, 0.3) is 0 Å². The van der Waals surface area contributed by atoms with Crippen LogP contribution >= 0.6 is 0 Å². The Labute approximate surface area is 137 Å². The van der Waals surface area contributed by atoms with E-state index >= 15 is 0 Å². The van der Waals surface area contributed by atoms with Crippen LogP contribution in [0.3, 0.4) is 0 Å². The van der Waals surface area contributed by atoms with Crippen LogP contribution in [-0.2, 0) is 21.1 Å². The summed E-state index contributed by atoms with van der Waals surface area (Å²) in [6.45, 7) is 1.98. The van der Waals surface area contributed by atoms with Gasteiger partial charge in [0.15, 0.2) is 14.6 Å². The Bertz CT molecular complexity index is 646. The number of carboxylic acids is 1. The minimum Gasteiger partial charge on any atom is -0.494 e. The van der Waals surface area contributed by atoms with E-state index in [0.29, 0.717) is 6.42 Å². The zero-order valence-corrected chi connectivity index (χ0v) is 14.4. The summed E-state index contributed by atoms with van der Waals surface area (Å²) in [7, 11) is -3.68. The van der Waals surface area contributed by atoms with Crippen molar-refractivity contribution < 1.29 is 23.1 Å². The average Bonchev–Trinajstić information content (AvgIpc) is 3.29. The van der Waals surface area contributed by atoms with E-state index in [2.05, 4.69) is 0 Å². The SMILES string of the molecule is CC(CCc1ccc(OCCC2CC2)cc1)(C(=O)O)S(C)(=O)=O. The molecule has 0 radical (unpaired) electrons. The van der Waals surface area contributed by atoms with E-state index in [9.17, 15) is 18.3 Å². The largest absolute Gasteiger partial charge is 0.494 e. The van der Waals surface area contributed by atoms with E-state index in [1.54, 1.807) is 0 Å². The number of aliphatic carboxylic acids is 1. The Balaban J connectivity index is 1.90. The molecule has 128 valence electrons. The Kier molecular flexibility index (Phi) is 5.34. The van der Waals surface area contributed by atoms with Gasteiger partial charge in [0.2, 0.25) is 0 Å². The lowest BCUT2D eigenvalue weighted by Crippen LogP contribution is -2.43. The molecule has 5 nitrogen and oxygen atoms in total. The number of aryl methyl sites for hydroxylation is 1. The monoisotopic (exact) mass is 340 g/mol. The third-order valence-corrected chi connectivity index (χ3v) is 6.59. The standard InChI is InChI=1S/C17H24O5S/c1-17(16(18)19,23(2,20)21)11-9-13-5-7-15(8-6-13)22-12-10-14-3-4-14/h5-8,14H,3-4,9-12H2,1-2H3,(H,18,19). The van der Waals surface area contributed by atoms with E-state index in [1.807, 2.05) is 24.3 Å². The van der Waals surface area contributed by atoms with E-state index < -0.39 is 20.6 Å². The van der Waals surface area contributed by atoms with Gasteiger partial charge in [0.25, 0.3) is 0 Å². The first-order valence-corrected chi connectivity index (χ1v) is 9.76. The van der Waals surface area contributed by atoms with E-state index in [-0.39, 0.29) is 6.42 Å². The first-order valence-electron chi connectivity index (χ1n) is 7.87. The summed E-state index contributed by atoms with van der Waals surface area (Å²) in [5.74, 6) is 0.317. The topological polar surface area (TPSA) is 80.7 Å². The fraction of sp³-hybridized carbons (Fsp3) is 0.588. The minimum atomic E-state index is -3.68. The van der Waals surface area contributed by atoms with Gasteiger partial charge in [-0.05, 0) is 49.8 Å². The summed E-state index contributed by atoms with van der Waals surface area (Å²) >= 11 is 0. The van der Waals surface area contributed by atoms with Crippen LogP contribution in [-0.4, -0.2) is 37.1 Å². The van der Waals surface area contributed by atoms with Crippen LogP contribution in [0.1, 0.15) is 38.2 Å². The van der Waals surface area contributed by atoms with Gasteiger partial charge in [0.1, 0.15) is 5.75 Å². The maximum Gasteiger partial charge on any atom is 0.324 e. The number of sulfone groups is 1. The molecule has 1 unspecified atom stereocenters. The second-order valence-electron chi connectivity index (χ2n) is 6.53. The van der Waals surface area contributed by atoms with Crippen LogP contribution < -0.4 is 4.74 Å². The Morgan fingerprint density at radius 3 is 2.39 bits per heavy atom. The smallest absolute Gasteiger partial charge is 0.324 e. The highest BCUT2D eigenvalue weighted by molar-refractivity contribution is 7.92. The summed E-state index contributed by atoms with van der Waals surface area (Å²) in [6.07, 6.45) is 5.11. The first-order chi connectivity index (χ1) is 10.7. The maximum absolute atomic E-state index is 11.7. The van der Waals surface area contributed by atoms with Gasteiger partial charge in [-0.25, -0.2) is 8.42 Å². The molecule has 0 bridgehead atoms. The molecule has 1 aromatic rings. The first kappa shape index (κ1) is 17.8. The Hall–Kier alpha value is -1.56. The average molecular weight is 340 g/mol. The molecule has 1 aliphatic carbocycles. The van der Waals surface area contributed by atoms with Crippen LogP contribution in [0.4, 0.5) is 0 Å². The second-order valence-corrected chi connectivity index (χ2v) is 8.98. The van der Waals surface area contributed by atoms with Crippen molar-refractivity contribution in [3.05, 3.63) is 29.8 Å². The molecule has 0 aliphatic heterocycles. The minimum absolute atomic E-state index is 0.0447. The van der Waals surface area contributed by atoms with Crippen LogP contribution in [0.15, 0.2) is 24.3 Å². The number of benzene rings is 1. The lowest BCUT2D eigenvalue weighted by atomic mass is 10.0. The molecule has 1 fully saturated rings. The molecular weight excluding hydrogens is 316 g/mol. The fourth-order valence-corrected chi connectivity index (χ4v) is 3.13. The Morgan fingerprint density at radius 2 is 1.91 bits per heavy atom. The van der Waals surface area contributed by atoms with Crippen LogP contribution in [0, 0.1) is 5.92 Å². The second kappa shape index (κ2) is 6.91. The van der Waals surface area contributed by atoms with Crippen molar-refractivity contribution in [2.24, 2.45) is 5.92 Å².